The van der Waals surface area contributed by atoms with Crippen LogP contribution in [0.3, 0.4) is 0 Å². The van der Waals surface area contributed by atoms with Crippen molar-refractivity contribution in [3.8, 4) is 5.69 Å². The van der Waals surface area contributed by atoms with Crippen molar-refractivity contribution >= 4 is 48.9 Å². The number of esters is 1. The molecule has 3 rings (SSSR count). The van der Waals surface area contributed by atoms with Crippen molar-refractivity contribution in [1.82, 2.24) is 9.78 Å². The number of nitrogens with one attached hydrogen (secondary N) is 1. The third-order valence-electron chi connectivity index (χ3n) is 3.27. The van der Waals surface area contributed by atoms with Gasteiger partial charge in [0, 0.05) is 11.9 Å². The summed E-state index contributed by atoms with van der Waals surface area (Å²) in [5.41, 5.74) is 1.32. The van der Waals surface area contributed by atoms with E-state index in [4.69, 9.17) is 4.74 Å². The van der Waals surface area contributed by atoms with Crippen molar-refractivity contribution in [1.29, 1.82) is 0 Å². The molecule has 2 heterocycles. The molecular formula is C16H14BrN3O4S2. The molecule has 0 aliphatic carbocycles. The van der Waals surface area contributed by atoms with E-state index in [1.807, 2.05) is 0 Å². The first kappa shape index (κ1) is 18.6. The molecule has 1 aromatic carbocycles. The molecule has 7 nitrogen and oxygen atoms in total. The van der Waals surface area contributed by atoms with E-state index in [2.05, 4.69) is 25.8 Å². The number of halogens is 1. The highest BCUT2D eigenvalue weighted by Crippen LogP contribution is 2.27. The van der Waals surface area contributed by atoms with Crippen molar-refractivity contribution in [3.05, 3.63) is 58.1 Å². The van der Waals surface area contributed by atoms with Crippen LogP contribution in [0.2, 0.25) is 0 Å². The first-order valence-electron chi connectivity index (χ1n) is 7.50. The van der Waals surface area contributed by atoms with Crippen LogP contribution in [-0.2, 0) is 14.8 Å². The molecule has 0 saturated heterocycles. The standard InChI is InChI=1S/C16H14BrN3O4S2/c1-2-24-16(21)13-9-10-20(18-13)12-5-3-11(4-6-12)19-26(22,23)15-8-7-14(17)25-15/h3-10,19H,2H2,1H3. The molecule has 0 radical (unpaired) electrons. The molecule has 10 heteroatoms. The summed E-state index contributed by atoms with van der Waals surface area (Å²) < 4.78 is 34.5. The molecule has 26 heavy (non-hydrogen) atoms. The van der Waals surface area contributed by atoms with Crippen LogP contribution in [0.15, 0.2) is 56.7 Å². The number of thiophene rings is 1. The van der Waals surface area contributed by atoms with Gasteiger partial charge in [0.15, 0.2) is 5.69 Å². The van der Waals surface area contributed by atoms with Crippen LogP contribution in [0, 0.1) is 0 Å². The lowest BCUT2D eigenvalue weighted by Gasteiger charge is -2.07. The summed E-state index contributed by atoms with van der Waals surface area (Å²) in [5, 5.41) is 4.15. The Morgan fingerprint density at radius 3 is 2.58 bits per heavy atom. The normalized spacial score (nSPS) is 11.3. The lowest BCUT2D eigenvalue weighted by atomic mass is 10.3. The largest absolute Gasteiger partial charge is 0.461 e. The second-order valence-corrected chi connectivity index (χ2v) is 9.45. The third-order valence-corrected chi connectivity index (χ3v) is 6.77. The fourth-order valence-electron chi connectivity index (χ4n) is 2.11. The molecule has 1 N–H and O–H groups in total. The topological polar surface area (TPSA) is 90.3 Å². The number of carbonyl (C=O) groups is 1. The number of rotatable bonds is 6. The number of aromatic nitrogens is 2. The molecule has 0 fully saturated rings. The summed E-state index contributed by atoms with van der Waals surface area (Å²) in [6, 6.07) is 11.4. The van der Waals surface area contributed by atoms with Crippen LogP contribution in [0.1, 0.15) is 17.4 Å². The van der Waals surface area contributed by atoms with Gasteiger partial charge in [-0.25, -0.2) is 17.9 Å². The zero-order valence-corrected chi connectivity index (χ0v) is 16.8. The molecule has 136 valence electrons. The van der Waals surface area contributed by atoms with Crippen molar-refractivity contribution in [2.45, 2.75) is 11.1 Å². The van der Waals surface area contributed by atoms with E-state index in [1.165, 1.54) is 10.7 Å². The average molecular weight is 456 g/mol. The highest BCUT2D eigenvalue weighted by Gasteiger charge is 2.17. The van der Waals surface area contributed by atoms with E-state index in [9.17, 15) is 13.2 Å². The zero-order valence-electron chi connectivity index (χ0n) is 13.5. The van der Waals surface area contributed by atoms with Gasteiger partial charge in [-0.3, -0.25) is 4.72 Å². The van der Waals surface area contributed by atoms with Crippen LogP contribution in [0.5, 0.6) is 0 Å². The number of anilines is 1. The van der Waals surface area contributed by atoms with Gasteiger partial charge in [-0.05, 0) is 65.3 Å². The van der Waals surface area contributed by atoms with Crippen LogP contribution in [-0.4, -0.2) is 30.8 Å². The fourth-order valence-corrected chi connectivity index (χ4v) is 5.18. The number of benzene rings is 1. The second-order valence-electron chi connectivity index (χ2n) is 5.08. The summed E-state index contributed by atoms with van der Waals surface area (Å²) in [4.78, 5) is 11.7. The van der Waals surface area contributed by atoms with Gasteiger partial charge in [-0.1, -0.05) is 0 Å². The monoisotopic (exact) mass is 455 g/mol. The molecule has 0 saturated carbocycles. The Bertz CT molecular complexity index is 1030. The smallest absolute Gasteiger partial charge is 0.358 e. The number of nitrogens with zero attached hydrogens (tertiary/aromatic N) is 2. The Morgan fingerprint density at radius 1 is 1.23 bits per heavy atom. The molecular weight excluding hydrogens is 442 g/mol. The lowest BCUT2D eigenvalue weighted by Crippen LogP contribution is -2.11. The quantitative estimate of drug-likeness (QED) is 0.572. The Balaban J connectivity index is 1.76. The van der Waals surface area contributed by atoms with Crippen molar-refractivity contribution < 1.29 is 17.9 Å². The predicted octanol–water partition coefficient (Wildman–Crippen LogP) is 3.67. The van der Waals surface area contributed by atoms with Crippen molar-refractivity contribution in [2.75, 3.05) is 11.3 Å². The first-order valence-corrected chi connectivity index (χ1v) is 10.6. The Morgan fingerprint density at radius 2 is 1.96 bits per heavy atom. The molecule has 0 bridgehead atoms. The maximum absolute atomic E-state index is 12.3. The number of ether oxygens (including phenoxy) is 1. The van der Waals surface area contributed by atoms with Gasteiger partial charge in [0.2, 0.25) is 0 Å². The maximum atomic E-state index is 12.3. The van der Waals surface area contributed by atoms with Gasteiger partial charge in [0.1, 0.15) is 4.21 Å². The van der Waals surface area contributed by atoms with E-state index in [-0.39, 0.29) is 16.5 Å². The minimum absolute atomic E-state index is 0.208. The Hall–Kier alpha value is -2.17. The van der Waals surface area contributed by atoms with Crippen molar-refractivity contribution in [2.24, 2.45) is 0 Å². The molecule has 3 aromatic rings. The number of sulfonamides is 1. The first-order chi connectivity index (χ1) is 12.4. The molecule has 0 amide bonds. The SMILES string of the molecule is CCOC(=O)c1ccn(-c2ccc(NS(=O)(=O)c3ccc(Br)s3)cc2)n1. The van der Waals surface area contributed by atoms with Crippen LogP contribution >= 0.6 is 27.3 Å². The summed E-state index contributed by atoms with van der Waals surface area (Å²) in [7, 11) is -3.63. The van der Waals surface area contributed by atoms with E-state index in [1.54, 1.807) is 49.5 Å². The van der Waals surface area contributed by atoms with Gasteiger partial charge >= 0.3 is 5.97 Å². The summed E-state index contributed by atoms with van der Waals surface area (Å²) >= 11 is 4.38. The Labute approximate surface area is 162 Å². The van der Waals surface area contributed by atoms with E-state index >= 15 is 0 Å². The fraction of sp³-hybridized carbons (Fsp3) is 0.125. The van der Waals surface area contributed by atoms with Crippen LogP contribution in [0.4, 0.5) is 5.69 Å². The molecule has 0 atom stereocenters. The van der Waals surface area contributed by atoms with Gasteiger partial charge in [0.05, 0.1) is 16.1 Å². The van der Waals surface area contributed by atoms with E-state index in [0.717, 1.165) is 15.1 Å². The van der Waals surface area contributed by atoms with Gasteiger partial charge in [0.25, 0.3) is 10.0 Å². The molecule has 0 spiro atoms. The molecule has 2 aromatic heterocycles. The van der Waals surface area contributed by atoms with Gasteiger partial charge < -0.3 is 4.74 Å². The summed E-state index contributed by atoms with van der Waals surface area (Å²) in [6.45, 7) is 2.00. The summed E-state index contributed by atoms with van der Waals surface area (Å²) in [6.07, 6.45) is 1.63. The highest BCUT2D eigenvalue weighted by atomic mass is 79.9. The molecule has 0 aliphatic heterocycles. The minimum Gasteiger partial charge on any atom is -0.461 e. The molecule has 0 aliphatic rings. The predicted molar refractivity (Wildman–Crippen MR) is 102 cm³/mol. The zero-order chi connectivity index (χ0) is 18.7. The van der Waals surface area contributed by atoms with Gasteiger partial charge in [-0.15, -0.1) is 11.3 Å². The van der Waals surface area contributed by atoms with E-state index < -0.39 is 16.0 Å². The number of hydrogen-bond donors (Lipinski definition) is 1. The van der Waals surface area contributed by atoms with Crippen LogP contribution in [0.25, 0.3) is 5.69 Å². The maximum Gasteiger partial charge on any atom is 0.358 e. The highest BCUT2D eigenvalue weighted by molar-refractivity contribution is 9.11. The summed E-state index contributed by atoms with van der Waals surface area (Å²) in [5.74, 6) is -0.488. The van der Waals surface area contributed by atoms with Gasteiger partial charge in [-0.2, -0.15) is 5.10 Å². The lowest BCUT2D eigenvalue weighted by molar-refractivity contribution is 0.0519. The van der Waals surface area contributed by atoms with E-state index in [0.29, 0.717) is 11.4 Å². The third kappa shape index (κ3) is 4.14. The minimum atomic E-state index is -3.63. The number of carbonyl (C=O) groups excluding carboxylic acids is 1. The Kier molecular flexibility index (Phi) is 5.44. The average Bonchev–Trinajstić information content (AvgIpc) is 3.25. The number of hydrogen-bond acceptors (Lipinski definition) is 6. The van der Waals surface area contributed by atoms with Crippen LogP contribution < -0.4 is 4.72 Å². The van der Waals surface area contributed by atoms with Crippen molar-refractivity contribution in [3.63, 3.8) is 0 Å². The molecule has 0 unspecified atom stereocenters. The second kappa shape index (κ2) is 7.60.